The van der Waals surface area contributed by atoms with Crippen molar-refractivity contribution in [3.05, 3.63) is 64.0 Å². The van der Waals surface area contributed by atoms with Gasteiger partial charge in [0.1, 0.15) is 24.6 Å². The quantitative estimate of drug-likeness (QED) is 0.0618. The van der Waals surface area contributed by atoms with Crippen LogP contribution in [0, 0.1) is 15.9 Å². The number of nitro groups is 1. The van der Waals surface area contributed by atoms with Gasteiger partial charge in [-0.25, -0.2) is 18.9 Å². The number of non-ortho nitro benzene ring substituents is 1. The van der Waals surface area contributed by atoms with E-state index in [0.717, 1.165) is 30.9 Å². The molecule has 0 aliphatic carbocycles. The molecule has 0 spiro atoms. The summed E-state index contributed by atoms with van der Waals surface area (Å²) in [7, 11) is 0. The van der Waals surface area contributed by atoms with Crippen molar-refractivity contribution in [3.63, 3.8) is 0 Å². The maximum absolute atomic E-state index is 15.0. The lowest BCUT2D eigenvalue weighted by Crippen LogP contribution is -2.48. The molecule has 304 valence electrons. The van der Waals surface area contributed by atoms with Crippen LogP contribution >= 0.6 is 23.2 Å². The van der Waals surface area contributed by atoms with Crippen molar-refractivity contribution < 1.29 is 66.9 Å². The number of ether oxygens (including phenoxy) is 5. The van der Waals surface area contributed by atoms with E-state index in [1.807, 2.05) is 4.90 Å². The third-order valence-electron chi connectivity index (χ3n) is 8.36. The molecular formula is C34H38Cl2FN5O14. The largest absolute Gasteiger partial charge is 0.463 e. The molecule has 2 fully saturated rings. The second-order valence-corrected chi connectivity index (χ2v) is 14.2. The van der Waals surface area contributed by atoms with Gasteiger partial charge in [-0.2, -0.15) is 0 Å². The minimum Gasteiger partial charge on any atom is -0.463 e. The first-order chi connectivity index (χ1) is 26.4. The number of carbonyl (C=O) groups excluding carboxylic acids is 6. The lowest BCUT2D eigenvalue weighted by molar-refractivity contribution is -0.384. The van der Waals surface area contributed by atoms with E-state index < -0.39 is 102 Å². The number of morpholine rings is 1. The highest BCUT2D eigenvalue weighted by molar-refractivity contribution is 6.57. The molecule has 2 aromatic rings. The van der Waals surface area contributed by atoms with E-state index >= 15 is 0 Å². The van der Waals surface area contributed by atoms with Crippen LogP contribution < -0.4 is 15.1 Å². The fraction of sp³-hybridized carbons (Fsp3) is 0.471. The van der Waals surface area contributed by atoms with Crippen molar-refractivity contribution >= 4 is 76.2 Å². The monoisotopic (exact) mass is 829 g/mol. The zero-order chi connectivity index (χ0) is 41.2. The fourth-order valence-corrected chi connectivity index (χ4v) is 5.48. The standard InChI is InChI=1S/C34H38Cl2FN5O14/c1-20(43)40(16-24-17-41(33(49)56-24)23-7-8-27(25(37)15-23)39-11-13-52-14-12-39)32(48)55-19-54-29(45)10-9-28(44)53-18-26(38-31(47)34(2,35)36)30(46)21-3-5-22(6-4-21)42(50)51/h3-8,15,24,26,30,46H,9-14,16-19H2,1-2H3,(H,38,47)/t24-,26?,30+/m0/s1. The first-order valence-corrected chi connectivity index (χ1v) is 17.7. The van der Waals surface area contributed by atoms with Crippen LogP contribution in [0.3, 0.4) is 0 Å². The van der Waals surface area contributed by atoms with Crippen molar-refractivity contribution in [3.8, 4) is 0 Å². The molecule has 2 aliphatic heterocycles. The summed E-state index contributed by atoms with van der Waals surface area (Å²) in [6.07, 6.45) is -5.71. The van der Waals surface area contributed by atoms with Crippen molar-refractivity contribution in [2.75, 3.05) is 62.6 Å². The number of halogens is 3. The number of esters is 2. The van der Waals surface area contributed by atoms with Crippen LogP contribution in [-0.4, -0.2) is 120 Å². The van der Waals surface area contributed by atoms with Crippen LogP contribution in [0.2, 0.25) is 0 Å². The van der Waals surface area contributed by atoms with Crippen LogP contribution in [0.15, 0.2) is 42.5 Å². The molecule has 4 rings (SSSR count). The molecular weight excluding hydrogens is 792 g/mol. The number of hydrogen-bond acceptors (Lipinski definition) is 15. The Kier molecular flexibility index (Phi) is 15.1. The Morgan fingerprint density at radius 2 is 1.71 bits per heavy atom. The molecule has 2 aromatic carbocycles. The van der Waals surface area contributed by atoms with E-state index in [1.54, 1.807) is 6.07 Å². The first-order valence-electron chi connectivity index (χ1n) is 16.9. The molecule has 3 atom stereocenters. The average Bonchev–Trinajstić information content (AvgIpc) is 3.53. The summed E-state index contributed by atoms with van der Waals surface area (Å²) >= 11 is 11.7. The van der Waals surface area contributed by atoms with Crippen LogP contribution in [0.4, 0.5) is 31.0 Å². The summed E-state index contributed by atoms with van der Waals surface area (Å²) in [5.41, 5.74) is 0.421. The topological polar surface area (TPSA) is 234 Å². The van der Waals surface area contributed by atoms with Gasteiger partial charge in [-0.05, 0) is 42.8 Å². The Morgan fingerprint density at radius 3 is 2.30 bits per heavy atom. The van der Waals surface area contributed by atoms with Gasteiger partial charge in [0.2, 0.25) is 12.7 Å². The lowest BCUT2D eigenvalue weighted by atomic mass is 10.0. The Balaban J connectivity index is 1.22. The molecule has 2 aliphatic rings. The highest BCUT2D eigenvalue weighted by atomic mass is 35.5. The molecule has 4 amide bonds. The minimum atomic E-state index is -1.94. The highest BCUT2D eigenvalue weighted by Gasteiger charge is 2.37. The molecule has 0 bridgehead atoms. The zero-order valence-electron chi connectivity index (χ0n) is 30.0. The molecule has 22 heteroatoms. The van der Waals surface area contributed by atoms with Crippen molar-refractivity contribution in [1.82, 2.24) is 10.2 Å². The number of benzene rings is 2. The number of nitrogens with one attached hydrogen (secondary N) is 1. The maximum Gasteiger partial charge on any atom is 0.419 e. The van der Waals surface area contributed by atoms with E-state index in [9.17, 15) is 48.4 Å². The minimum absolute atomic E-state index is 0.123. The van der Waals surface area contributed by atoms with Gasteiger partial charge in [0.25, 0.3) is 11.6 Å². The highest BCUT2D eigenvalue weighted by Crippen LogP contribution is 2.29. The van der Waals surface area contributed by atoms with Gasteiger partial charge < -0.3 is 39.0 Å². The Morgan fingerprint density at radius 1 is 1.07 bits per heavy atom. The number of anilines is 2. The first kappa shape index (κ1) is 43.4. The molecule has 2 N–H and O–H groups in total. The van der Waals surface area contributed by atoms with Crippen LogP contribution in [0.1, 0.15) is 38.4 Å². The Bertz CT molecular complexity index is 1790. The molecule has 19 nitrogen and oxygen atoms in total. The number of aliphatic hydroxyl groups excluding tert-OH is 1. The number of cyclic esters (lactones) is 1. The maximum atomic E-state index is 15.0. The number of aliphatic hydroxyl groups is 1. The van der Waals surface area contributed by atoms with Gasteiger partial charge >= 0.3 is 24.1 Å². The van der Waals surface area contributed by atoms with E-state index in [2.05, 4.69) is 5.32 Å². The van der Waals surface area contributed by atoms with Gasteiger partial charge in [-0.1, -0.05) is 23.2 Å². The fourth-order valence-electron chi connectivity index (χ4n) is 5.37. The van der Waals surface area contributed by atoms with Crippen molar-refractivity contribution in [1.29, 1.82) is 0 Å². The summed E-state index contributed by atoms with van der Waals surface area (Å²) in [4.78, 5) is 88.5. The number of rotatable bonds is 16. The third-order valence-corrected chi connectivity index (χ3v) is 8.70. The molecule has 0 radical (unpaired) electrons. The summed E-state index contributed by atoms with van der Waals surface area (Å²) in [5.74, 6) is -4.26. The number of nitrogens with zero attached hydrogens (tertiary/aromatic N) is 4. The van der Waals surface area contributed by atoms with E-state index in [1.165, 1.54) is 24.3 Å². The number of carbonyl (C=O) groups is 6. The molecule has 1 unspecified atom stereocenters. The summed E-state index contributed by atoms with van der Waals surface area (Å²) < 4.78 is 38.4. The molecule has 2 heterocycles. The molecule has 0 aromatic heterocycles. The number of nitro benzene ring substituents is 1. The van der Waals surface area contributed by atoms with Crippen LogP contribution in [0.25, 0.3) is 0 Å². The number of alkyl halides is 2. The second kappa shape index (κ2) is 19.5. The van der Waals surface area contributed by atoms with Gasteiger partial charge in [0.05, 0.1) is 61.5 Å². The SMILES string of the molecule is CC(=O)N(C[C@H]1CN(c2ccc(N3CCOCC3)c(F)c2)C(=O)O1)C(=O)OCOC(=O)CCC(=O)OCC(NC(=O)C(C)(Cl)Cl)[C@H](O)c1ccc([N+](=O)[O-])cc1. The predicted octanol–water partition coefficient (Wildman–Crippen LogP) is 3.12. The van der Waals surface area contributed by atoms with Gasteiger partial charge in [-0.3, -0.25) is 34.2 Å². The van der Waals surface area contributed by atoms with E-state index in [-0.39, 0.29) is 23.5 Å². The predicted molar refractivity (Wildman–Crippen MR) is 192 cm³/mol. The Labute approximate surface area is 328 Å². The van der Waals surface area contributed by atoms with Gasteiger partial charge in [0.15, 0.2) is 4.33 Å². The van der Waals surface area contributed by atoms with E-state index in [4.69, 9.17) is 46.9 Å². The Hall–Kier alpha value is -5.31. The number of amides is 4. The molecule has 56 heavy (non-hydrogen) atoms. The molecule has 0 saturated carbocycles. The number of imide groups is 1. The molecule has 2 saturated heterocycles. The van der Waals surface area contributed by atoms with Crippen molar-refractivity contribution in [2.24, 2.45) is 0 Å². The summed E-state index contributed by atoms with van der Waals surface area (Å²) in [6, 6.07) is 7.65. The third kappa shape index (κ3) is 12.1. The normalized spacial score (nSPS) is 16.6. The average molecular weight is 831 g/mol. The summed E-state index contributed by atoms with van der Waals surface area (Å²) in [5, 5.41) is 24.1. The zero-order valence-corrected chi connectivity index (χ0v) is 31.5. The lowest BCUT2D eigenvalue weighted by Gasteiger charge is -2.29. The second-order valence-electron chi connectivity index (χ2n) is 12.5. The van der Waals surface area contributed by atoms with Crippen LogP contribution in [0.5, 0.6) is 0 Å². The van der Waals surface area contributed by atoms with Gasteiger partial charge in [0, 0.05) is 32.1 Å². The van der Waals surface area contributed by atoms with E-state index in [0.29, 0.717) is 36.9 Å². The summed E-state index contributed by atoms with van der Waals surface area (Å²) in [6.45, 7) is 1.99. The smallest absolute Gasteiger partial charge is 0.419 e. The number of hydrogen-bond donors (Lipinski definition) is 2. The van der Waals surface area contributed by atoms with Crippen LogP contribution in [-0.2, 0) is 42.9 Å². The van der Waals surface area contributed by atoms with Crippen molar-refractivity contribution in [2.45, 2.75) is 49.3 Å². The van der Waals surface area contributed by atoms with Gasteiger partial charge in [-0.15, -0.1) is 0 Å².